The number of carboxylic acids is 1. The van der Waals surface area contributed by atoms with Crippen LogP contribution in [0.1, 0.15) is 24.0 Å². The Morgan fingerprint density at radius 1 is 1.47 bits per heavy atom. The van der Waals surface area contributed by atoms with Crippen LogP contribution in [0.3, 0.4) is 0 Å². The quantitative estimate of drug-likeness (QED) is 0.851. The van der Waals surface area contributed by atoms with Crippen LogP contribution in [0.5, 0.6) is 0 Å². The first-order valence-corrected chi connectivity index (χ1v) is 6.83. The average Bonchev–Trinajstić information content (AvgIpc) is 2.80. The van der Waals surface area contributed by atoms with Crippen LogP contribution < -0.4 is 10.2 Å². The van der Waals surface area contributed by atoms with E-state index in [2.05, 4.69) is 42.3 Å². The molecule has 1 aromatic rings. The zero-order chi connectivity index (χ0) is 13.8. The van der Waals surface area contributed by atoms with Gasteiger partial charge in [-0.2, -0.15) is 0 Å². The molecule has 4 nitrogen and oxygen atoms in total. The first-order valence-electron chi connectivity index (χ1n) is 6.83. The van der Waals surface area contributed by atoms with Crippen molar-refractivity contribution in [3.05, 3.63) is 29.3 Å². The number of carbonyl (C=O) groups is 1. The van der Waals surface area contributed by atoms with E-state index >= 15 is 0 Å². The first-order chi connectivity index (χ1) is 9.06. The Morgan fingerprint density at radius 3 is 3.00 bits per heavy atom. The van der Waals surface area contributed by atoms with Gasteiger partial charge in [0.05, 0.1) is 6.42 Å². The van der Waals surface area contributed by atoms with E-state index in [1.807, 2.05) is 0 Å². The Bertz CT molecular complexity index is 459. The number of benzene rings is 1. The summed E-state index contributed by atoms with van der Waals surface area (Å²) < 4.78 is 0. The number of nitrogens with zero attached hydrogens (tertiary/aromatic N) is 1. The Morgan fingerprint density at radius 2 is 2.26 bits per heavy atom. The van der Waals surface area contributed by atoms with Gasteiger partial charge in [0.1, 0.15) is 0 Å². The molecule has 0 radical (unpaired) electrons. The monoisotopic (exact) mass is 262 g/mol. The van der Waals surface area contributed by atoms with E-state index in [0.29, 0.717) is 12.6 Å². The first kappa shape index (κ1) is 13.9. The maximum absolute atomic E-state index is 10.5. The van der Waals surface area contributed by atoms with Crippen molar-refractivity contribution in [3.63, 3.8) is 0 Å². The van der Waals surface area contributed by atoms with Gasteiger partial charge in [0.25, 0.3) is 0 Å². The van der Waals surface area contributed by atoms with Crippen molar-refractivity contribution in [1.82, 2.24) is 5.32 Å². The van der Waals surface area contributed by atoms with Gasteiger partial charge in [-0.25, -0.2) is 0 Å². The number of hydrogen-bond acceptors (Lipinski definition) is 3. The summed E-state index contributed by atoms with van der Waals surface area (Å²) in [6.07, 6.45) is 1.27. The van der Waals surface area contributed by atoms with Crippen molar-refractivity contribution in [1.29, 1.82) is 0 Å². The summed E-state index contributed by atoms with van der Waals surface area (Å²) in [5, 5.41) is 12.0. The third-order valence-electron chi connectivity index (χ3n) is 3.67. The van der Waals surface area contributed by atoms with Gasteiger partial charge in [0.15, 0.2) is 0 Å². The Labute approximate surface area is 114 Å². The summed E-state index contributed by atoms with van der Waals surface area (Å²) in [6.45, 7) is 6.81. The number of aliphatic carboxylic acids is 1. The summed E-state index contributed by atoms with van der Waals surface area (Å²) >= 11 is 0. The minimum absolute atomic E-state index is 0.194. The summed E-state index contributed by atoms with van der Waals surface area (Å²) in [7, 11) is 0. The molecule has 0 aromatic heterocycles. The van der Waals surface area contributed by atoms with Crippen molar-refractivity contribution < 1.29 is 9.90 Å². The van der Waals surface area contributed by atoms with Crippen molar-refractivity contribution in [2.75, 3.05) is 24.5 Å². The molecule has 1 heterocycles. The van der Waals surface area contributed by atoms with Gasteiger partial charge in [0, 0.05) is 31.4 Å². The number of aryl methyl sites for hydroxylation is 2. The van der Waals surface area contributed by atoms with Crippen LogP contribution in [0.15, 0.2) is 18.2 Å². The molecule has 1 aliphatic rings. The molecule has 0 amide bonds. The molecule has 1 fully saturated rings. The van der Waals surface area contributed by atoms with Crippen LogP contribution in [-0.2, 0) is 4.79 Å². The summed E-state index contributed by atoms with van der Waals surface area (Å²) in [6, 6.07) is 6.93. The molecule has 0 saturated carbocycles. The second kappa shape index (κ2) is 6.06. The molecule has 1 aromatic carbocycles. The molecule has 4 heteroatoms. The van der Waals surface area contributed by atoms with Crippen LogP contribution in [0.2, 0.25) is 0 Å². The van der Waals surface area contributed by atoms with E-state index in [1.54, 1.807) is 0 Å². The fourth-order valence-corrected chi connectivity index (χ4v) is 2.59. The molecule has 1 aliphatic heterocycles. The zero-order valence-corrected chi connectivity index (χ0v) is 11.6. The molecule has 104 valence electrons. The molecule has 0 bridgehead atoms. The van der Waals surface area contributed by atoms with Gasteiger partial charge in [0.2, 0.25) is 0 Å². The number of rotatable bonds is 5. The molecule has 0 spiro atoms. The van der Waals surface area contributed by atoms with Crippen LogP contribution >= 0.6 is 0 Å². The lowest BCUT2D eigenvalue weighted by atomic mass is 10.1. The molecule has 1 unspecified atom stereocenters. The van der Waals surface area contributed by atoms with E-state index < -0.39 is 5.97 Å². The highest BCUT2D eigenvalue weighted by molar-refractivity contribution is 5.66. The Kier molecular flexibility index (Phi) is 4.43. The highest BCUT2D eigenvalue weighted by Gasteiger charge is 2.23. The molecule has 1 saturated heterocycles. The Hall–Kier alpha value is -1.55. The van der Waals surface area contributed by atoms with Crippen molar-refractivity contribution >= 4 is 11.7 Å². The normalized spacial score (nSPS) is 18.8. The molecule has 0 aliphatic carbocycles. The van der Waals surface area contributed by atoms with Gasteiger partial charge in [-0.3, -0.25) is 4.79 Å². The second-order valence-electron chi connectivity index (χ2n) is 5.32. The van der Waals surface area contributed by atoms with Gasteiger partial charge < -0.3 is 15.3 Å². The summed E-state index contributed by atoms with van der Waals surface area (Å²) in [5.41, 5.74) is 3.89. The fraction of sp³-hybridized carbons (Fsp3) is 0.533. The van der Waals surface area contributed by atoms with Crippen LogP contribution in [-0.4, -0.2) is 36.8 Å². The van der Waals surface area contributed by atoms with Crippen molar-refractivity contribution in [2.24, 2.45) is 0 Å². The lowest BCUT2D eigenvalue weighted by molar-refractivity contribution is -0.136. The predicted octanol–water partition coefficient (Wildman–Crippen LogP) is 1.95. The van der Waals surface area contributed by atoms with Gasteiger partial charge >= 0.3 is 5.97 Å². The largest absolute Gasteiger partial charge is 0.481 e. The van der Waals surface area contributed by atoms with Crippen LogP contribution in [0.4, 0.5) is 5.69 Å². The third kappa shape index (κ3) is 3.70. The number of hydrogen-bond donors (Lipinski definition) is 2. The highest BCUT2D eigenvalue weighted by Crippen LogP contribution is 2.25. The predicted molar refractivity (Wildman–Crippen MR) is 76.8 cm³/mol. The van der Waals surface area contributed by atoms with Crippen molar-refractivity contribution in [3.8, 4) is 0 Å². The fourth-order valence-electron chi connectivity index (χ4n) is 2.59. The van der Waals surface area contributed by atoms with E-state index in [1.165, 1.54) is 16.8 Å². The molecule has 2 N–H and O–H groups in total. The van der Waals surface area contributed by atoms with E-state index in [0.717, 1.165) is 19.5 Å². The highest BCUT2D eigenvalue weighted by atomic mass is 16.4. The number of anilines is 1. The third-order valence-corrected chi connectivity index (χ3v) is 3.67. The standard InChI is InChI=1S/C15H22N2O2/c1-11-3-4-12(2)14(9-11)17-8-6-13(10-17)16-7-5-15(18)19/h3-4,9,13,16H,5-8,10H2,1-2H3,(H,18,19). The smallest absolute Gasteiger partial charge is 0.304 e. The van der Waals surface area contributed by atoms with Gasteiger partial charge in [-0.05, 0) is 37.5 Å². The van der Waals surface area contributed by atoms with E-state index in [-0.39, 0.29) is 6.42 Å². The maximum Gasteiger partial charge on any atom is 0.304 e. The van der Waals surface area contributed by atoms with E-state index in [9.17, 15) is 4.79 Å². The Balaban J connectivity index is 1.91. The molecular weight excluding hydrogens is 240 g/mol. The SMILES string of the molecule is Cc1ccc(C)c(N2CCC(NCCC(=O)O)C2)c1. The lowest BCUT2D eigenvalue weighted by Gasteiger charge is -2.21. The molecule has 2 rings (SSSR count). The van der Waals surface area contributed by atoms with Crippen LogP contribution in [0.25, 0.3) is 0 Å². The second-order valence-corrected chi connectivity index (χ2v) is 5.32. The summed E-state index contributed by atoms with van der Waals surface area (Å²) in [5.74, 6) is -0.739. The van der Waals surface area contributed by atoms with Crippen molar-refractivity contribution in [2.45, 2.75) is 32.7 Å². The minimum Gasteiger partial charge on any atom is -0.481 e. The molecule has 1 atom stereocenters. The number of carboxylic acid groups (broad SMARTS) is 1. The number of nitrogens with one attached hydrogen (secondary N) is 1. The molecular formula is C15H22N2O2. The average molecular weight is 262 g/mol. The maximum atomic E-state index is 10.5. The molecule has 19 heavy (non-hydrogen) atoms. The van der Waals surface area contributed by atoms with Gasteiger partial charge in [-0.1, -0.05) is 12.1 Å². The van der Waals surface area contributed by atoms with E-state index in [4.69, 9.17) is 5.11 Å². The van der Waals surface area contributed by atoms with Crippen LogP contribution in [0, 0.1) is 13.8 Å². The summed E-state index contributed by atoms with van der Waals surface area (Å²) in [4.78, 5) is 12.9. The minimum atomic E-state index is -0.739. The van der Waals surface area contributed by atoms with Gasteiger partial charge in [-0.15, -0.1) is 0 Å². The lowest BCUT2D eigenvalue weighted by Crippen LogP contribution is -2.34. The zero-order valence-electron chi connectivity index (χ0n) is 11.6. The topological polar surface area (TPSA) is 52.6 Å².